The number of ether oxygens (including phenoxy) is 2. The number of unbranched alkanes of at least 4 members (excludes halogenated alkanes) is 2. The summed E-state index contributed by atoms with van der Waals surface area (Å²) < 4.78 is 13.5. The zero-order valence-electron chi connectivity index (χ0n) is 15.5. The van der Waals surface area contributed by atoms with Crippen LogP contribution in [0.1, 0.15) is 37.3 Å². The van der Waals surface area contributed by atoms with Gasteiger partial charge in [-0.05, 0) is 49.1 Å². The highest BCUT2D eigenvalue weighted by atomic mass is 16.5. The molecule has 0 bridgehead atoms. The van der Waals surface area contributed by atoms with Crippen LogP contribution in [0.25, 0.3) is 16.8 Å². The van der Waals surface area contributed by atoms with E-state index < -0.39 is 0 Å². The molecule has 3 aromatic rings. The molecule has 0 aliphatic heterocycles. The summed E-state index contributed by atoms with van der Waals surface area (Å²) in [4.78, 5) is 4.54. The van der Waals surface area contributed by atoms with Crippen molar-refractivity contribution in [3.05, 3.63) is 47.9 Å². The molecule has 0 amide bonds. The topological polar surface area (TPSA) is 35.8 Å². The highest BCUT2D eigenvalue weighted by Gasteiger charge is 2.20. The normalized spacial score (nSPS) is 11.0. The average molecular weight is 338 g/mol. The van der Waals surface area contributed by atoms with Crippen LogP contribution in [0.4, 0.5) is 0 Å². The largest absolute Gasteiger partial charge is 0.496 e. The van der Waals surface area contributed by atoms with Crippen LogP contribution in [0.3, 0.4) is 0 Å². The number of nitrogens with zero attached hydrogens (tertiary/aromatic N) is 2. The Bertz CT molecular complexity index is 842. The van der Waals surface area contributed by atoms with Crippen LogP contribution >= 0.6 is 0 Å². The third-order valence-electron chi connectivity index (χ3n) is 4.66. The summed E-state index contributed by atoms with van der Waals surface area (Å²) in [6, 6.07) is 6.37. The van der Waals surface area contributed by atoms with E-state index in [9.17, 15) is 0 Å². The third kappa shape index (κ3) is 3.34. The molecule has 0 aliphatic rings. The van der Waals surface area contributed by atoms with E-state index in [0.29, 0.717) is 0 Å². The summed E-state index contributed by atoms with van der Waals surface area (Å²) in [5.74, 6) is 1.68. The molecule has 0 spiro atoms. The van der Waals surface area contributed by atoms with Crippen molar-refractivity contribution >= 4 is 5.65 Å². The first kappa shape index (κ1) is 17.3. The van der Waals surface area contributed by atoms with Gasteiger partial charge in [-0.2, -0.15) is 0 Å². The summed E-state index contributed by atoms with van der Waals surface area (Å²) in [5.41, 5.74) is 5.34. The number of aromatic nitrogens is 2. The van der Waals surface area contributed by atoms with Gasteiger partial charge in [0.2, 0.25) is 0 Å². The molecule has 2 aromatic heterocycles. The van der Waals surface area contributed by atoms with Crippen molar-refractivity contribution in [2.45, 2.75) is 39.5 Å². The number of hydrogen-bond donors (Lipinski definition) is 0. The van der Waals surface area contributed by atoms with E-state index in [2.05, 4.69) is 37.0 Å². The molecular weight excluding hydrogens is 312 g/mol. The van der Waals surface area contributed by atoms with Crippen molar-refractivity contribution in [3.63, 3.8) is 0 Å². The maximum Gasteiger partial charge on any atom is 0.145 e. The van der Waals surface area contributed by atoms with Crippen LogP contribution in [-0.4, -0.2) is 23.6 Å². The van der Waals surface area contributed by atoms with Gasteiger partial charge < -0.3 is 13.9 Å². The molecule has 4 nitrogen and oxygen atoms in total. The number of fused-ring (bicyclic) bond motifs is 1. The number of benzene rings is 1. The fourth-order valence-electron chi connectivity index (χ4n) is 3.32. The minimum atomic E-state index is 0.838. The van der Waals surface area contributed by atoms with Gasteiger partial charge in [-0.1, -0.05) is 19.8 Å². The van der Waals surface area contributed by atoms with Crippen molar-refractivity contribution in [1.82, 2.24) is 9.38 Å². The Labute approximate surface area is 149 Å². The number of rotatable bonds is 7. The lowest BCUT2D eigenvalue weighted by atomic mass is 9.96. The molecule has 0 fully saturated rings. The highest BCUT2D eigenvalue weighted by Crippen LogP contribution is 2.42. The lowest BCUT2D eigenvalue weighted by Crippen LogP contribution is -1.99. The van der Waals surface area contributed by atoms with Crippen molar-refractivity contribution < 1.29 is 9.47 Å². The molecule has 0 aliphatic carbocycles. The molecule has 3 rings (SSSR count). The van der Waals surface area contributed by atoms with E-state index in [4.69, 9.17) is 9.47 Å². The lowest BCUT2D eigenvalue weighted by Gasteiger charge is -2.18. The summed E-state index contributed by atoms with van der Waals surface area (Å²) in [6.07, 6.45) is 10.5. The minimum Gasteiger partial charge on any atom is -0.496 e. The molecule has 1 aromatic carbocycles. The van der Waals surface area contributed by atoms with Gasteiger partial charge in [0.05, 0.1) is 19.8 Å². The molecule has 0 radical (unpaired) electrons. The predicted molar refractivity (Wildman–Crippen MR) is 102 cm³/mol. The van der Waals surface area contributed by atoms with Gasteiger partial charge >= 0.3 is 0 Å². The smallest absolute Gasteiger partial charge is 0.145 e. The highest BCUT2D eigenvalue weighted by molar-refractivity contribution is 5.88. The van der Waals surface area contributed by atoms with E-state index in [1.807, 2.05) is 23.0 Å². The fourth-order valence-corrected chi connectivity index (χ4v) is 3.32. The van der Waals surface area contributed by atoms with Crippen LogP contribution in [-0.2, 0) is 6.42 Å². The Kier molecular flexibility index (Phi) is 5.27. The lowest BCUT2D eigenvalue weighted by molar-refractivity contribution is 0.396. The Hall–Kier alpha value is -2.49. The third-order valence-corrected chi connectivity index (χ3v) is 4.66. The standard InChI is InChI=1S/C21H26N2O2/c1-5-6-7-8-16-13-17(24-3)20(18(14-16)25-4)19-15(2)9-11-23-12-10-22-21(19)23/h9-14H,5-8H2,1-4H3. The van der Waals surface area contributed by atoms with Gasteiger partial charge in [0.15, 0.2) is 0 Å². The van der Waals surface area contributed by atoms with E-state index in [1.165, 1.54) is 24.8 Å². The molecule has 132 valence electrons. The maximum absolute atomic E-state index is 5.75. The van der Waals surface area contributed by atoms with Crippen LogP contribution in [0.5, 0.6) is 11.5 Å². The van der Waals surface area contributed by atoms with Crippen LogP contribution in [0.15, 0.2) is 36.8 Å². The Balaban J connectivity index is 2.17. The van der Waals surface area contributed by atoms with E-state index >= 15 is 0 Å². The number of imidazole rings is 1. The zero-order valence-corrected chi connectivity index (χ0v) is 15.5. The Morgan fingerprint density at radius 2 is 1.72 bits per heavy atom. The van der Waals surface area contributed by atoms with Gasteiger partial charge in [-0.3, -0.25) is 0 Å². The summed E-state index contributed by atoms with van der Waals surface area (Å²) >= 11 is 0. The van der Waals surface area contributed by atoms with Gasteiger partial charge in [0.1, 0.15) is 17.1 Å². The summed E-state index contributed by atoms with van der Waals surface area (Å²) in [7, 11) is 3.43. The van der Waals surface area contributed by atoms with Crippen molar-refractivity contribution in [2.75, 3.05) is 14.2 Å². The fraction of sp³-hybridized carbons (Fsp3) is 0.381. The van der Waals surface area contributed by atoms with E-state index in [0.717, 1.165) is 40.3 Å². The second-order valence-corrected chi connectivity index (χ2v) is 6.36. The van der Waals surface area contributed by atoms with Gasteiger partial charge in [-0.25, -0.2) is 4.98 Å². The van der Waals surface area contributed by atoms with Crippen LogP contribution in [0.2, 0.25) is 0 Å². The number of pyridine rings is 1. The first-order valence-corrected chi connectivity index (χ1v) is 8.87. The minimum absolute atomic E-state index is 0.838. The Morgan fingerprint density at radius 3 is 2.36 bits per heavy atom. The maximum atomic E-state index is 5.75. The molecule has 25 heavy (non-hydrogen) atoms. The van der Waals surface area contributed by atoms with Crippen molar-refractivity contribution in [2.24, 2.45) is 0 Å². The number of methoxy groups -OCH3 is 2. The van der Waals surface area contributed by atoms with Crippen LogP contribution < -0.4 is 9.47 Å². The second-order valence-electron chi connectivity index (χ2n) is 6.36. The predicted octanol–water partition coefficient (Wildman–Crippen LogP) is 5.06. The molecule has 0 saturated heterocycles. The molecule has 2 heterocycles. The monoisotopic (exact) mass is 338 g/mol. The summed E-state index contributed by atoms with van der Waals surface area (Å²) in [6.45, 7) is 4.32. The van der Waals surface area contributed by atoms with E-state index in [1.54, 1.807) is 14.2 Å². The van der Waals surface area contributed by atoms with Crippen LogP contribution in [0, 0.1) is 6.92 Å². The SMILES string of the molecule is CCCCCc1cc(OC)c(-c2c(C)ccn3ccnc23)c(OC)c1. The molecular formula is C21H26N2O2. The number of aryl methyl sites for hydroxylation is 2. The van der Waals surface area contributed by atoms with Gasteiger partial charge in [-0.15, -0.1) is 0 Å². The first-order valence-electron chi connectivity index (χ1n) is 8.87. The Morgan fingerprint density at radius 1 is 1.00 bits per heavy atom. The van der Waals surface area contributed by atoms with Crippen molar-refractivity contribution in [1.29, 1.82) is 0 Å². The molecule has 0 N–H and O–H groups in total. The molecule has 0 unspecified atom stereocenters. The molecule has 0 saturated carbocycles. The van der Waals surface area contributed by atoms with Crippen molar-refractivity contribution in [3.8, 4) is 22.6 Å². The average Bonchev–Trinajstić information content (AvgIpc) is 3.10. The quantitative estimate of drug-likeness (QED) is 0.565. The van der Waals surface area contributed by atoms with Gasteiger partial charge in [0.25, 0.3) is 0 Å². The molecule has 0 atom stereocenters. The first-order chi connectivity index (χ1) is 12.2. The molecule has 4 heteroatoms. The van der Waals surface area contributed by atoms with Gasteiger partial charge in [0, 0.05) is 24.2 Å². The second kappa shape index (κ2) is 7.60. The zero-order chi connectivity index (χ0) is 17.8. The summed E-state index contributed by atoms with van der Waals surface area (Å²) in [5, 5.41) is 0. The number of hydrogen-bond acceptors (Lipinski definition) is 3. The van der Waals surface area contributed by atoms with E-state index in [-0.39, 0.29) is 0 Å².